The van der Waals surface area contributed by atoms with Gasteiger partial charge in [-0.25, -0.2) is 4.79 Å². The summed E-state index contributed by atoms with van der Waals surface area (Å²) in [6.45, 7) is 5.64. The third-order valence-electron chi connectivity index (χ3n) is 2.36. The van der Waals surface area contributed by atoms with Crippen molar-refractivity contribution >= 4 is 5.97 Å². The first-order valence-corrected chi connectivity index (χ1v) is 5.68. The van der Waals surface area contributed by atoms with Crippen molar-refractivity contribution in [3.8, 4) is 0 Å². The van der Waals surface area contributed by atoms with Crippen LogP contribution < -0.4 is 0 Å². The quantitative estimate of drug-likeness (QED) is 0.561. The molecule has 0 aliphatic heterocycles. The standard InChI is InChI=1S/C13H19NO3/c1-4-16-13(15)6-5-8-14(3)10-12-7-9-17-11(12)2/h5-7,9H,4,8,10H2,1-3H3/b6-5+. The van der Waals surface area contributed by atoms with Gasteiger partial charge in [0.25, 0.3) is 0 Å². The van der Waals surface area contributed by atoms with E-state index in [4.69, 9.17) is 9.15 Å². The smallest absolute Gasteiger partial charge is 0.330 e. The highest BCUT2D eigenvalue weighted by atomic mass is 16.5. The molecule has 4 nitrogen and oxygen atoms in total. The molecule has 0 bridgehead atoms. The Morgan fingerprint density at radius 2 is 2.35 bits per heavy atom. The fourth-order valence-corrected chi connectivity index (χ4v) is 1.45. The van der Waals surface area contributed by atoms with Gasteiger partial charge in [0.2, 0.25) is 0 Å². The van der Waals surface area contributed by atoms with Crippen LogP contribution in [-0.4, -0.2) is 31.1 Å². The van der Waals surface area contributed by atoms with Crippen LogP contribution in [0.25, 0.3) is 0 Å². The Morgan fingerprint density at radius 3 is 2.94 bits per heavy atom. The molecule has 0 radical (unpaired) electrons. The number of nitrogens with zero attached hydrogens (tertiary/aromatic N) is 1. The maximum absolute atomic E-state index is 11.1. The molecular weight excluding hydrogens is 218 g/mol. The Hall–Kier alpha value is -1.55. The molecule has 0 unspecified atom stereocenters. The average molecular weight is 237 g/mol. The summed E-state index contributed by atoms with van der Waals surface area (Å²) in [5.74, 6) is 0.645. The minimum atomic E-state index is -0.291. The first kappa shape index (κ1) is 13.5. The summed E-state index contributed by atoms with van der Waals surface area (Å²) in [7, 11) is 1.99. The van der Waals surface area contributed by atoms with Gasteiger partial charge in [-0.1, -0.05) is 6.08 Å². The first-order chi connectivity index (χ1) is 8.13. The van der Waals surface area contributed by atoms with E-state index in [2.05, 4.69) is 4.90 Å². The van der Waals surface area contributed by atoms with Gasteiger partial charge in [-0.3, -0.25) is 4.90 Å². The van der Waals surface area contributed by atoms with Crippen molar-refractivity contribution in [3.05, 3.63) is 35.8 Å². The van der Waals surface area contributed by atoms with E-state index in [1.54, 1.807) is 19.3 Å². The molecule has 0 amide bonds. The van der Waals surface area contributed by atoms with Gasteiger partial charge in [-0.05, 0) is 27.0 Å². The zero-order valence-electron chi connectivity index (χ0n) is 10.6. The summed E-state index contributed by atoms with van der Waals surface area (Å²) in [4.78, 5) is 13.1. The number of likely N-dealkylation sites (N-methyl/N-ethyl adjacent to an activating group) is 1. The molecule has 0 atom stereocenters. The number of hydrogen-bond acceptors (Lipinski definition) is 4. The number of ether oxygens (including phenoxy) is 1. The number of carbonyl (C=O) groups excluding carboxylic acids is 1. The molecule has 0 aromatic carbocycles. The average Bonchev–Trinajstić information content (AvgIpc) is 2.65. The molecule has 0 N–H and O–H groups in total. The Kier molecular flexibility index (Phi) is 5.49. The maximum atomic E-state index is 11.1. The molecule has 0 saturated carbocycles. The van der Waals surface area contributed by atoms with E-state index >= 15 is 0 Å². The maximum Gasteiger partial charge on any atom is 0.330 e. The lowest BCUT2D eigenvalue weighted by Crippen LogP contribution is -2.18. The zero-order valence-corrected chi connectivity index (χ0v) is 10.6. The second-order valence-corrected chi connectivity index (χ2v) is 3.85. The minimum absolute atomic E-state index is 0.291. The van der Waals surface area contributed by atoms with Gasteiger partial charge >= 0.3 is 5.97 Å². The molecular formula is C13H19NO3. The molecule has 17 heavy (non-hydrogen) atoms. The normalized spacial score (nSPS) is 11.3. The van der Waals surface area contributed by atoms with E-state index in [1.165, 1.54) is 6.08 Å². The fraction of sp³-hybridized carbons (Fsp3) is 0.462. The Labute approximate surface area is 102 Å². The molecule has 0 aliphatic rings. The summed E-state index contributed by atoms with van der Waals surface area (Å²) in [5.41, 5.74) is 1.16. The van der Waals surface area contributed by atoms with Crippen LogP contribution in [0.15, 0.2) is 28.9 Å². The summed E-state index contributed by atoms with van der Waals surface area (Å²) >= 11 is 0. The van der Waals surface area contributed by atoms with Crippen molar-refractivity contribution < 1.29 is 13.9 Å². The van der Waals surface area contributed by atoms with Crippen LogP contribution in [0.4, 0.5) is 0 Å². The largest absolute Gasteiger partial charge is 0.469 e. The Balaban J connectivity index is 2.33. The van der Waals surface area contributed by atoms with Crippen LogP contribution in [0.5, 0.6) is 0 Å². The van der Waals surface area contributed by atoms with E-state index in [1.807, 2.05) is 20.0 Å². The third kappa shape index (κ3) is 4.87. The molecule has 1 aromatic rings. The van der Waals surface area contributed by atoms with E-state index in [0.29, 0.717) is 13.2 Å². The SMILES string of the molecule is CCOC(=O)/C=C/CN(C)Cc1ccoc1C. The van der Waals surface area contributed by atoms with Crippen LogP contribution in [-0.2, 0) is 16.1 Å². The highest BCUT2D eigenvalue weighted by molar-refractivity contribution is 5.81. The topological polar surface area (TPSA) is 42.7 Å². The number of aryl methyl sites for hydroxylation is 1. The summed E-state index contributed by atoms with van der Waals surface area (Å²) < 4.78 is 10.0. The predicted molar refractivity (Wildman–Crippen MR) is 65.6 cm³/mol. The molecule has 1 rings (SSSR count). The van der Waals surface area contributed by atoms with Gasteiger partial charge in [0, 0.05) is 24.7 Å². The minimum Gasteiger partial charge on any atom is -0.469 e. The van der Waals surface area contributed by atoms with E-state index in [0.717, 1.165) is 17.9 Å². The van der Waals surface area contributed by atoms with Crippen molar-refractivity contribution in [2.75, 3.05) is 20.2 Å². The summed E-state index contributed by atoms with van der Waals surface area (Å²) in [5, 5.41) is 0. The predicted octanol–water partition coefficient (Wildman–Crippen LogP) is 2.14. The highest BCUT2D eigenvalue weighted by Gasteiger charge is 2.04. The van der Waals surface area contributed by atoms with E-state index in [-0.39, 0.29) is 5.97 Å². The second kappa shape index (κ2) is 6.91. The Bertz CT molecular complexity index is 382. The summed E-state index contributed by atoms with van der Waals surface area (Å²) in [6.07, 6.45) is 4.95. The lowest BCUT2D eigenvalue weighted by Gasteiger charge is -2.13. The van der Waals surface area contributed by atoms with Crippen molar-refractivity contribution in [1.29, 1.82) is 0 Å². The van der Waals surface area contributed by atoms with Crippen molar-refractivity contribution in [2.24, 2.45) is 0 Å². The fourth-order valence-electron chi connectivity index (χ4n) is 1.45. The number of esters is 1. The molecule has 0 aliphatic carbocycles. The van der Waals surface area contributed by atoms with Gasteiger partial charge in [0.05, 0.1) is 12.9 Å². The van der Waals surface area contributed by atoms with E-state index < -0.39 is 0 Å². The number of rotatable bonds is 6. The lowest BCUT2D eigenvalue weighted by molar-refractivity contribution is -0.137. The number of carbonyl (C=O) groups is 1. The molecule has 1 heterocycles. The van der Waals surface area contributed by atoms with E-state index in [9.17, 15) is 4.79 Å². The number of hydrogen-bond donors (Lipinski definition) is 0. The van der Waals surface area contributed by atoms with Crippen molar-refractivity contribution in [1.82, 2.24) is 4.90 Å². The number of furan rings is 1. The van der Waals surface area contributed by atoms with Gasteiger partial charge in [0.15, 0.2) is 0 Å². The van der Waals surface area contributed by atoms with Crippen LogP contribution in [0, 0.1) is 6.92 Å². The molecule has 1 aromatic heterocycles. The zero-order chi connectivity index (χ0) is 12.7. The van der Waals surface area contributed by atoms with Crippen LogP contribution in [0.2, 0.25) is 0 Å². The van der Waals surface area contributed by atoms with Gasteiger partial charge < -0.3 is 9.15 Å². The molecule has 0 saturated heterocycles. The third-order valence-corrected chi connectivity index (χ3v) is 2.36. The van der Waals surface area contributed by atoms with Gasteiger partial charge in [0.1, 0.15) is 5.76 Å². The Morgan fingerprint density at radius 1 is 1.59 bits per heavy atom. The van der Waals surface area contributed by atoms with Crippen LogP contribution >= 0.6 is 0 Å². The van der Waals surface area contributed by atoms with Crippen LogP contribution in [0.1, 0.15) is 18.2 Å². The lowest BCUT2D eigenvalue weighted by atomic mass is 10.2. The monoisotopic (exact) mass is 237 g/mol. The van der Waals surface area contributed by atoms with Gasteiger partial charge in [-0.15, -0.1) is 0 Å². The van der Waals surface area contributed by atoms with Gasteiger partial charge in [-0.2, -0.15) is 0 Å². The molecule has 94 valence electrons. The summed E-state index contributed by atoms with van der Waals surface area (Å²) in [6, 6.07) is 1.96. The molecule has 0 fully saturated rings. The van der Waals surface area contributed by atoms with Crippen molar-refractivity contribution in [2.45, 2.75) is 20.4 Å². The van der Waals surface area contributed by atoms with Crippen LogP contribution in [0.3, 0.4) is 0 Å². The first-order valence-electron chi connectivity index (χ1n) is 5.68. The molecule has 0 spiro atoms. The second-order valence-electron chi connectivity index (χ2n) is 3.85. The molecule has 4 heteroatoms. The van der Waals surface area contributed by atoms with Crippen molar-refractivity contribution in [3.63, 3.8) is 0 Å². The highest BCUT2D eigenvalue weighted by Crippen LogP contribution is 2.10.